The first-order valence-electron chi connectivity index (χ1n) is 8.72. The molecule has 138 valence electrons. The minimum Gasteiger partial charge on any atom is -0.314 e. The molecule has 0 fully saturated rings. The Morgan fingerprint density at radius 3 is 2.75 bits per heavy atom. The van der Waals surface area contributed by atoms with Crippen LogP contribution in [0.4, 0.5) is 0 Å². The van der Waals surface area contributed by atoms with Gasteiger partial charge in [-0.15, -0.1) is 16.4 Å². The molecule has 4 aromatic heterocycles. The van der Waals surface area contributed by atoms with E-state index in [2.05, 4.69) is 21.1 Å². The van der Waals surface area contributed by atoms with Crippen molar-refractivity contribution in [3.8, 4) is 11.4 Å². The second kappa shape index (κ2) is 6.85. The highest BCUT2D eigenvalue weighted by atomic mass is 35.5. The molecule has 0 N–H and O–H groups in total. The first-order valence-corrected chi connectivity index (χ1v) is 9.98. The van der Waals surface area contributed by atoms with E-state index in [0.29, 0.717) is 34.1 Å². The molecule has 28 heavy (non-hydrogen) atoms. The quantitative estimate of drug-likeness (QED) is 0.450. The Hall–Kier alpha value is -3.03. The summed E-state index contributed by atoms with van der Waals surface area (Å²) in [5.41, 5.74) is 1.45. The van der Waals surface area contributed by atoms with Gasteiger partial charge in [-0.1, -0.05) is 17.7 Å². The summed E-state index contributed by atoms with van der Waals surface area (Å²) in [7, 11) is 0. The summed E-state index contributed by atoms with van der Waals surface area (Å²) in [5.74, 6) is 0.992. The Bertz CT molecular complexity index is 1340. The minimum absolute atomic E-state index is 0.0769. The van der Waals surface area contributed by atoms with Crippen LogP contribution in [0.1, 0.15) is 4.88 Å². The van der Waals surface area contributed by atoms with Crippen molar-refractivity contribution >= 4 is 39.6 Å². The Balaban J connectivity index is 1.57. The first-order chi connectivity index (χ1) is 13.7. The number of halogens is 1. The molecular weight excluding hydrogens is 394 g/mol. The average molecular weight is 408 g/mol. The van der Waals surface area contributed by atoms with E-state index < -0.39 is 0 Å². The van der Waals surface area contributed by atoms with Crippen LogP contribution in [0.25, 0.3) is 28.1 Å². The number of fused-ring (bicyclic) bond motifs is 3. The number of hydrogen-bond acceptors (Lipinski definition) is 5. The van der Waals surface area contributed by atoms with E-state index in [1.54, 1.807) is 44.9 Å². The third-order valence-electron chi connectivity index (χ3n) is 4.59. The highest BCUT2D eigenvalue weighted by Crippen LogP contribution is 2.20. The fourth-order valence-corrected chi connectivity index (χ4v) is 3.97. The molecule has 0 unspecified atom stereocenters. The summed E-state index contributed by atoms with van der Waals surface area (Å²) < 4.78 is 3.33. The predicted molar refractivity (Wildman–Crippen MR) is 111 cm³/mol. The highest BCUT2D eigenvalue weighted by molar-refractivity contribution is 7.09. The van der Waals surface area contributed by atoms with Crippen LogP contribution < -0.4 is 5.56 Å². The average Bonchev–Trinajstić information content (AvgIpc) is 3.37. The number of pyridine rings is 1. The van der Waals surface area contributed by atoms with Gasteiger partial charge in [-0.05, 0) is 48.2 Å². The van der Waals surface area contributed by atoms with Gasteiger partial charge in [0.2, 0.25) is 0 Å². The molecule has 0 saturated carbocycles. The third-order valence-corrected chi connectivity index (χ3v) is 5.78. The molecule has 0 aliphatic carbocycles. The molecule has 0 bridgehead atoms. The molecule has 8 heteroatoms. The topological polar surface area (TPSA) is 65.1 Å². The van der Waals surface area contributed by atoms with Crippen LogP contribution in [0.3, 0.4) is 0 Å². The number of benzene rings is 1. The molecule has 0 aliphatic rings. The lowest BCUT2D eigenvalue weighted by molar-refractivity contribution is 0.679. The maximum Gasteiger partial charge on any atom is 0.261 e. The zero-order valence-corrected chi connectivity index (χ0v) is 16.2. The van der Waals surface area contributed by atoms with Crippen molar-refractivity contribution in [1.29, 1.82) is 0 Å². The second-order valence-corrected chi connectivity index (χ2v) is 7.82. The van der Waals surface area contributed by atoms with E-state index in [9.17, 15) is 4.79 Å². The van der Waals surface area contributed by atoms with Crippen LogP contribution in [-0.4, -0.2) is 24.1 Å². The summed E-state index contributed by atoms with van der Waals surface area (Å²) in [4.78, 5) is 23.0. The standard InChI is InChI=1S/C20H14ClN5OS/c21-14-5-3-13(4-6-14)18-23-20-22-12-16-17(26(20)24-18)8-10-25(19(16)27)9-7-15-2-1-11-28-15/h1-6,8,10-12H,7,9H2. The summed E-state index contributed by atoms with van der Waals surface area (Å²) in [6.07, 6.45) is 4.21. The van der Waals surface area contributed by atoms with Crippen molar-refractivity contribution < 1.29 is 0 Å². The largest absolute Gasteiger partial charge is 0.314 e. The van der Waals surface area contributed by atoms with Crippen molar-refractivity contribution in [1.82, 2.24) is 24.1 Å². The number of hydrogen-bond donors (Lipinski definition) is 0. The van der Waals surface area contributed by atoms with E-state index in [4.69, 9.17) is 11.6 Å². The summed E-state index contributed by atoms with van der Waals surface area (Å²) in [5, 5.41) is 7.77. The van der Waals surface area contributed by atoms with Crippen molar-refractivity contribution in [3.63, 3.8) is 0 Å². The number of thiophene rings is 1. The predicted octanol–water partition coefficient (Wildman–Crippen LogP) is 4.06. The molecule has 6 nitrogen and oxygen atoms in total. The van der Waals surface area contributed by atoms with E-state index in [1.165, 1.54) is 4.88 Å². The van der Waals surface area contributed by atoms with Gasteiger partial charge < -0.3 is 4.57 Å². The molecule has 0 aliphatic heterocycles. The molecule has 4 heterocycles. The van der Waals surface area contributed by atoms with Crippen LogP contribution in [-0.2, 0) is 13.0 Å². The zero-order valence-electron chi connectivity index (χ0n) is 14.6. The molecule has 0 atom stereocenters. The first kappa shape index (κ1) is 17.1. The van der Waals surface area contributed by atoms with Gasteiger partial charge in [0.05, 0.1) is 10.9 Å². The summed E-state index contributed by atoms with van der Waals surface area (Å²) in [6.45, 7) is 0.626. The van der Waals surface area contributed by atoms with E-state index >= 15 is 0 Å². The second-order valence-electron chi connectivity index (χ2n) is 6.35. The van der Waals surface area contributed by atoms with Crippen molar-refractivity contribution in [3.05, 3.63) is 80.5 Å². The van der Waals surface area contributed by atoms with Gasteiger partial charge in [-0.3, -0.25) is 4.79 Å². The SMILES string of the molecule is O=c1c2cnc3nc(-c4ccc(Cl)cc4)nn3c2ccn1CCc1cccs1. The molecule has 0 spiro atoms. The van der Waals surface area contributed by atoms with E-state index in [-0.39, 0.29) is 5.56 Å². The lowest BCUT2D eigenvalue weighted by atomic mass is 10.2. The van der Waals surface area contributed by atoms with Crippen molar-refractivity contribution in [2.24, 2.45) is 0 Å². The fourth-order valence-electron chi connectivity index (χ4n) is 3.14. The smallest absolute Gasteiger partial charge is 0.261 e. The van der Waals surface area contributed by atoms with Crippen molar-refractivity contribution in [2.45, 2.75) is 13.0 Å². The Morgan fingerprint density at radius 2 is 1.96 bits per heavy atom. The summed E-state index contributed by atoms with van der Waals surface area (Å²) in [6, 6.07) is 13.3. The molecular formula is C20H14ClN5OS. The van der Waals surface area contributed by atoms with Crippen LogP contribution in [0.2, 0.25) is 5.02 Å². The Labute approximate surface area is 168 Å². The zero-order chi connectivity index (χ0) is 19.1. The molecule has 5 aromatic rings. The number of nitrogens with zero attached hydrogens (tertiary/aromatic N) is 5. The lowest BCUT2D eigenvalue weighted by Crippen LogP contribution is -2.21. The minimum atomic E-state index is -0.0769. The normalized spacial score (nSPS) is 11.5. The van der Waals surface area contributed by atoms with Gasteiger partial charge in [0.25, 0.3) is 11.3 Å². The van der Waals surface area contributed by atoms with Gasteiger partial charge >= 0.3 is 0 Å². The van der Waals surface area contributed by atoms with Gasteiger partial charge in [0.15, 0.2) is 5.82 Å². The monoisotopic (exact) mass is 407 g/mol. The van der Waals surface area contributed by atoms with Crippen LogP contribution in [0, 0.1) is 0 Å². The summed E-state index contributed by atoms with van der Waals surface area (Å²) >= 11 is 7.65. The van der Waals surface area contributed by atoms with Gasteiger partial charge in [0.1, 0.15) is 0 Å². The van der Waals surface area contributed by atoms with Crippen LogP contribution in [0.5, 0.6) is 0 Å². The van der Waals surface area contributed by atoms with Gasteiger partial charge in [-0.25, -0.2) is 4.98 Å². The molecule has 0 radical (unpaired) electrons. The van der Waals surface area contributed by atoms with Gasteiger partial charge in [0, 0.05) is 34.4 Å². The number of rotatable bonds is 4. The maximum atomic E-state index is 12.9. The van der Waals surface area contributed by atoms with Crippen LogP contribution in [0.15, 0.2) is 65.0 Å². The molecule has 0 amide bonds. The molecule has 1 aromatic carbocycles. The number of aryl methyl sites for hydroxylation is 2. The number of aromatic nitrogens is 5. The molecule has 5 rings (SSSR count). The van der Waals surface area contributed by atoms with Crippen LogP contribution >= 0.6 is 22.9 Å². The van der Waals surface area contributed by atoms with E-state index in [1.807, 2.05) is 29.6 Å². The Morgan fingerprint density at radius 1 is 1.11 bits per heavy atom. The Kier molecular flexibility index (Phi) is 4.18. The molecule has 0 saturated heterocycles. The third kappa shape index (κ3) is 2.98. The maximum absolute atomic E-state index is 12.9. The van der Waals surface area contributed by atoms with Crippen molar-refractivity contribution in [2.75, 3.05) is 0 Å². The van der Waals surface area contributed by atoms with Gasteiger partial charge in [-0.2, -0.15) is 9.50 Å². The lowest BCUT2D eigenvalue weighted by Gasteiger charge is -2.06. The fraction of sp³-hybridized carbons (Fsp3) is 0.100. The highest BCUT2D eigenvalue weighted by Gasteiger charge is 2.12. The van der Waals surface area contributed by atoms with E-state index in [0.717, 1.165) is 12.0 Å².